The van der Waals surface area contributed by atoms with Gasteiger partial charge in [0.2, 0.25) is 0 Å². The molecule has 3 aromatic carbocycles. The van der Waals surface area contributed by atoms with E-state index in [0.29, 0.717) is 0 Å². The van der Waals surface area contributed by atoms with Crippen molar-refractivity contribution in [2.75, 3.05) is 0 Å². The molecule has 7 nitrogen and oxygen atoms in total. The van der Waals surface area contributed by atoms with Gasteiger partial charge in [0, 0.05) is 0 Å². The summed E-state index contributed by atoms with van der Waals surface area (Å²) < 4.78 is 29.9. The second-order valence-corrected chi connectivity index (χ2v) is 8.08. The minimum atomic E-state index is -4.51. The summed E-state index contributed by atoms with van der Waals surface area (Å²) >= 11 is 0. The fourth-order valence-corrected chi connectivity index (χ4v) is 3.77. The zero-order valence-corrected chi connectivity index (χ0v) is 17.0. The maximum absolute atomic E-state index is 13.5. The Bertz CT molecular complexity index is 958. The fraction of sp³-hybridized carbons (Fsp3) is 0.143. The van der Waals surface area contributed by atoms with Gasteiger partial charge in [0.15, 0.2) is 34.5 Å². The van der Waals surface area contributed by atoms with Crippen LogP contribution in [0.2, 0.25) is 0 Å². The van der Waals surface area contributed by atoms with Gasteiger partial charge in [0.25, 0.3) is 0 Å². The van der Waals surface area contributed by atoms with E-state index < -0.39 is 7.82 Å². The fourth-order valence-electron chi connectivity index (χ4n) is 2.50. The van der Waals surface area contributed by atoms with E-state index in [0.717, 1.165) is 16.7 Å². The number of phenols is 3. The topological polar surface area (TPSA) is 105 Å². The summed E-state index contributed by atoms with van der Waals surface area (Å²) in [4.78, 5) is 0. The molecule has 3 aromatic rings. The van der Waals surface area contributed by atoms with Gasteiger partial charge in [-0.05, 0) is 73.9 Å². The van der Waals surface area contributed by atoms with Gasteiger partial charge in [0.1, 0.15) is 0 Å². The number of benzene rings is 3. The van der Waals surface area contributed by atoms with Gasteiger partial charge in [-0.2, -0.15) is 4.57 Å². The standard InChI is InChI=1S/C21H21O7P/c1-13-4-7-16(22)19(10-13)26-29(25,27-20-11-14(2)5-8-17(20)23)28-21-12-15(3)6-9-18(21)24/h4-12,22-24H,1-3H3. The van der Waals surface area contributed by atoms with Gasteiger partial charge in [-0.15, -0.1) is 0 Å². The maximum Gasteiger partial charge on any atom is 0.647 e. The number of aryl methyl sites for hydroxylation is 3. The minimum absolute atomic E-state index is 0.132. The van der Waals surface area contributed by atoms with Crippen LogP contribution in [0, 0.1) is 20.8 Å². The van der Waals surface area contributed by atoms with Crippen molar-refractivity contribution in [2.24, 2.45) is 0 Å². The van der Waals surface area contributed by atoms with E-state index >= 15 is 0 Å². The summed E-state index contributed by atoms with van der Waals surface area (Å²) in [5, 5.41) is 30.2. The molecule has 0 aliphatic rings. The Morgan fingerprint density at radius 1 is 0.586 bits per heavy atom. The molecule has 8 heteroatoms. The molecule has 0 atom stereocenters. The summed E-state index contributed by atoms with van der Waals surface area (Å²) in [6.45, 7) is 5.28. The molecule has 0 aromatic heterocycles. The van der Waals surface area contributed by atoms with Crippen molar-refractivity contribution in [3.05, 3.63) is 71.3 Å². The van der Waals surface area contributed by atoms with Crippen LogP contribution in [0.1, 0.15) is 16.7 Å². The third kappa shape index (κ3) is 4.95. The summed E-state index contributed by atoms with van der Waals surface area (Å²) in [7, 11) is -4.51. The Labute approximate surface area is 168 Å². The third-order valence-electron chi connectivity index (χ3n) is 3.98. The lowest BCUT2D eigenvalue weighted by molar-refractivity contribution is 0.282. The van der Waals surface area contributed by atoms with E-state index in [9.17, 15) is 19.9 Å². The molecule has 3 N–H and O–H groups in total. The van der Waals surface area contributed by atoms with Crippen LogP contribution in [0.15, 0.2) is 54.6 Å². The molecule has 0 unspecified atom stereocenters. The van der Waals surface area contributed by atoms with Crippen molar-refractivity contribution < 1.29 is 33.5 Å². The monoisotopic (exact) mass is 416 g/mol. The van der Waals surface area contributed by atoms with Crippen molar-refractivity contribution in [3.63, 3.8) is 0 Å². The van der Waals surface area contributed by atoms with Crippen molar-refractivity contribution in [3.8, 4) is 34.5 Å². The van der Waals surface area contributed by atoms with E-state index in [4.69, 9.17) is 13.6 Å². The Kier molecular flexibility index (Phi) is 5.62. The van der Waals surface area contributed by atoms with E-state index in [1.165, 1.54) is 36.4 Å². The van der Waals surface area contributed by atoms with Gasteiger partial charge < -0.3 is 28.9 Å². The molecule has 0 bridgehead atoms. The highest BCUT2D eigenvalue weighted by Crippen LogP contribution is 2.54. The zero-order valence-electron chi connectivity index (χ0n) is 16.1. The SMILES string of the molecule is Cc1ccc(O)c(OP(=O)(Oc2cc(C)ccc2O)Oc2cc(C)ccc2O)c1. The highest BCUT2D eigenvalue weighted by atomic mass is 31.2. The second kappa shape index (κ2) is 7.97. The molecular formula is C21H21O7P. The smallest absolute Gasteiger partial charge is 0.504 e. The maximum atomic E-state index is 13.5. The Morgan fingerprint density at radius 3 is 1.14 bits per heavy atom. The van der Waals surface area contributed by atoms with Gasteiger partial charge in [-0.3, -0.25) is 0 Å². The van der Waals surface area contributed by atoms with Gasteiger partial charge in [-0.25, -0.2) is 0 Å². The lowest BCUT2D eigenvalue weighted by Gasteiger charge is -2.21. The predicted molar refractivity (Wildman–Crippen MR) is 108 cm³/mol. The first-order chi connectivity index (χ1) is 13.6. The first kappa shape index (κ1) is 20.4. The number of phosphoric acid groups is 1. The number of hydrogen-bond acceptors (Lipinski definition) is 7. The first-order valence-electron chi connectivity index (χ1n) is 8.73. The predicted octanol–water partition coefficient (Wildman–Crippen LogP) is 5.37. The molecule has 0 spiro atoms. The van der Waals surface area contributed by atoms with Crippen LogP contribution in [0.25, 0.3) is 0 Å². The highest BCUT2D eigenvalue weighted by molar-refractivity contribution is 7.49. The van der Waals surface area contributed by atoms with Crippen LogP contribution >= 0.6 is 7.82 Å². The molecule has 29 heavy (non-hydrogen) atoms. The molecule has 3 rings (SSSR count). The molecule has 0 amide bonds. The molecule has 0 fully saturated rings. The van der Waals surface area contributed by atoms with Gasteiger partial charge in [0.05, 0.1) is 0 Å². The Balaban J connectivity index is 2.04. The minimum Gasteiger partial charge on any atom is -0.504 e. The number of rotatable bonds is 6. The first-order valence-corrected chi connectivity index (χ1v) is 10.2. The second-order valence-electron chi connectivity index (χ2n) is 6.63. The van der Waals surface area contributed by atoms with Crippen molar-refractivity contribution in [1.82, 2.24) is 0 Å². The molecule has 0 saturated carbocycles. The third-order valence-corrected chi connectivity index (χ3v) is 5.24. The van der Waals surface area contributed by atoms with E-state index in [1.54, 1.807) is 39.0 Å². The molecular weight excluding hydrogens is 395 g/mol. The van der Waals surface area contributed by atoms with Gasteiger partial charge in [-0.1, -0.05) is 18.2 Å². The summed E-state index contributed by atoms with van der Waals surface area (Å²) in [6.07, 6.45) is 0. The number of phenolic OH excluding ortho intramolecular Hbond substituents is 3. The quantitative estimate of drug-likeness (QED) is 0.464. The highest BCUT2D eigenvalue weighted by Gasteiger charge is 2.36. The molecule has 152 valence electrons. The number of aromatic hydroxyl groups is 3. The van der Waals surface area contributed by atoms with Crippen molar-refractivity contribution in [1.29, 1.82) is 0 Å². The van der Waals surface area contributed by atoms with Crippen LogP contribution in [0.5, 0.6) is 34.5 Å². The normalized spacial score (nSPS) is 11.1. The lowest BCUT2D eigenvalue weighted by atomic mass is 10.2. The Hall–Kier alpha value is -3.31. The zero-order chi connectivity index (χ0) is 21.2. The van der Waals surface area contributed by atoms with Crippen LogP contribution in [-0.4, -0.2) is 15.3 Å². The van der Waals surface area contributed by atoms with Crippen LogP contribution in [0.4, 0.5) is 0 Å². The van der Waals surface area contributed by atoms with E-state index in [2.05, 4.69) is 0 Å². The number of hydrogen-bond donors (Lipinski definition) is 3. The molecule has 0 heterocycles. The molecule has 0 aliphatic carbocycles. The lowest BCUT2D eigenvalue weighted by Crippen LogP contribution is -2.08. The van der Waals surface area contributed by atoms with Crippen LogP contribution in [-0.2, 0) is 4.57 Å². The van der Waals surface area contributed by atoms with Crippen molar-refractivity contribution in [2.45, 2.75) is 20.8 Å². The van der Waals surface area contributed by atoms with E-state index in [-0.39, 0.29) is 34.5 Å². The molecule has 0 radical (unpaired) electrons. The summed E-state index contributed by atoms with van der Waals surface area (Å²) in [5.74, 6) is -1.22. The summed E-state index contributed by atoms with van der Waals surface area (Å²) in [5.41, 5.74) is 2.21. The largest absolute Gasteiger partial charge is 0.647 e. The van der Waals surface area contributed by atoms with E-state index in [1.807, 2.05) is 0 Å². The Morgan fingerprint density at radius 2 is 0.862 bits per heavy atom. The van der Waals surface area contributed by atoms with Crippen LogP contribution in [0.3, 0.4) is 0 Å². The number of phosphoric ester groups is 1. The van der Waals surface area contributed by atoms with Crippen molar-refractivity contribution >= 4 is 7.82 Å². The molecule has 0 aliphatic heterocycles. The average molecular weight is 416 g/mol. The average Bonchev–Trinajstić information content (AvgIpc) is 2.64. The van der Waals surface area contributed by atoms with Crippen LogP contribution < -0.4 is 13.6 Å². The molecule has 0 saturated heterocycles. The van der Waals surface area contributed by atoms with Gasteiger partial charge >= 0.3 is 7.82 Å². The summed E-state index contributed by atoms with van der Waals surface area (Å²) in [6, 6.07) is 13.5.